The summed E-state index contributed by atoms with van der Waals surface area (Å²) in [5.41, 5.74) is 0. The quantitative estimate of drug-likeness (QED) is 0.420. The molecule has 2 atom stereocenters. The van der Waals surface area contributed by atoms with Crippen LogP contribution in [-0.4, -0.2) is 39.9 Å². The third-order valence-corrected chi connectivity index (χ3v) is 1.05. The monoisotopic (exact) mass is 146 g/mol. The Morgan fingerprint density at radius 3 is 2.40 bits per heavy atom. The maximum Gasteiger partial charge on any atom is 0.189 e. The molecular formula is C6H10O4. The molecule has 0 aromatic rings. The van der Waals surface area contributed by atoms with E-state index in [2.05, 4.69) is 6.58 Å². The molecule has 0 saturated carbocycles. The highest BCUT2D eigenvalue weighted by atomic mass is 16.3. The maximum absolute atomic E-state index is 10.4. The van der Waals surface area contributed by atoms with E-state index in [1.165, 1.54) is 0 Å². The smallest absolute Gasteiger partial charge is 0.189 e. The molecule has 0 spiro atoms. The zero-order chi connectivity index (χ0) is 8.15. The highest BCUT2D eigenvalue weighted by Gasteiger charge is 2.19. The Bertz CT molecular complexity index is 132. The standard InChI is InChI=1S/C6H10O4/c1-2-4(8)6(10)5(9)3-7/h2,4,6-8,10H,1,3H2/t4-,6+/m1/s1. The molecule has 0 saturated heterocycles. The number of carbonyl (C=O) groups is 1. The van der Waals surface area contributed by atoms with Gasteiger partial charge >= 0.3 is 0 Å². The van der Waals surface area contributed by atoms with Gasteiger partial charge in [-0.3, -0.25) is 4.79 Å². The lowest BCUT2D eigenvalue weighted by molar-refractivity contribution is -0.133. The molecule has 4 nitrogen and oxygen atoms in total. The normalized spacial score (nSPS) is 15.9. The first-order valence-electron chi connectivity index (χ1n) is 2.75. The Morgan fingerprint density at radius 1 is 1.60 bits per heavy atom. The van der Waals surface area contributed by atoms with Crippen LogP contribution in [0.5, 0.6) is 0 Å². The predicted octanol–water partition coefficient (Wildman–Crippen LogP) is -1.54. The molecule has 4 heteroatoms. The first-order valence-corrected chi connectivity index (χ1v) is 2.75. The third kappa shape index (κ3) is 2.26. The van der Waals surface area contributed by atoms with Crippen molar-refractivity contribution in [3.05, 3.63) is 12.7 Å². The molecule has 0 aromatic heterocycles. The van der Waals surface area contributed by atoms with E-state index in [9.17, 15) is 4.79 Å². The lowest BCUT2D eigenvalue weighted by atomic mass is 10.1. The lowest BCUT2D eigenvalue weighted by Gasteiger charge is -2.10. The van der Waals surface area contributed by atoms with E-state index in [1.807, 2.05) is 0 Å². The summed E-state index contributed by atoms with van der Waals surface area (Å²) in [6.07, 6.45) is -1.82. The number of hydrogen-bond donors (Lipinski definition) is 3. The van der Waals surface area contributed by atoms with Gasteiger partial charge in [-0.2, -0.15) is 0 Å². The van der Waals surface area contributed by atoms with Gasteiger partial charge in [-0.25, -0.2) is 0 Å². The summed E-state index contributed by atoms with van der Waals surface area (Å²) in [7, 11) is 0. The van der Waals surface area contributed by atoms with E-state index in [1.54, 1.807) is 0 Å². The average molecular weight is 146 g/mol. The minimum absolute atomic E-state index is 0.772. The predicted molar refractivity (Wildman–Crippen MR) is 34.3 cm³/mol. The molecule has 0 amide bonds. The van der Waals surface area contributed by atoms with Crippen molar-refractivity contribution in [1.29, 1.82) is 0 Å². The van der Waals surface area contributed by atoms with Crippen molar-refractivity contribution in [2.75, 3.05) is 6.61 Å². The fourth-order valence-electron chi connectivity index (χ4n) is 0.413. The van der Waals surface area contributed by atoms with Gasteiger partial charge in [0.2, 0.25) is 0 Å². The molecule has 0 aliphatic heterocycles. The maximum atomic E-state index is 10.4. The molecular weight excluding hydrogens is 136 g/mol. The second-order valence-corrected chi connectivity index (χ2v) is 1.80. The molecule has 0 radical (unpaired) electrons. The van der Waals surface area contributed by atoms with Gasteiger partial charge in [0.1, 0.15) is 18.8 Å². The second kappa shape index (κ2) is 4.16. The summed E-state index contributed by atoms with van der Waals surface area (Å²) in [5.74, 6) is -0.813. The Hall–Kier alpha value is -0.710. The van der Waals surface area contributed by atoms with Crippen molar-refractivity contribution in [2.24, 2.45) is 0 Å². The zero-order valence-corrected chi connectivity index (χ0v) is 5.40. The van der Waals surface area contributed by atoms with Crippen LogP contribution < -0.4 is 0 Å². The zero-order valence-electron chi connectivity index (χ0n) is 5.40. The van der Waals surface area contributed by atoms with E-state index in [0.717, 1.165) is 6.08 Å². The number of aliphatic hydroxyl groups is 3. The van der Waals surface area contributed by atoms with Crippen LogP contribution in [-0.2, 0) is 4.79 Å². The molecule has 58 valence electrons. The number of Topliss-reactive ketones (excluding diaryl/α,β-unsaturated/α-hetero) is 1. The summed E-state index contributed by atoms with van der Waals surface area (Å²) < 4.78 is 0. The van der Waals surface area contributed by atoms with Crippen LogP contribution in [0.2, 0.25) is 0 Å². The highest BCUT2D eigenvalue weighted by Crippen LogP contribution is 1.94. The number of rotatable bonds is 4. The Labute approximate surface area is 58.4 Å². The fraction of sp³-hybridized carbons (Fsp3) is 0.500. The van der Waals surface area contributed by atoms with Crippen LogP contribution in [0.4, 0.5) is 0 Å². The minimum Gasteiger partial charge on any atom is -0.388 e. The second-order valence-electron chi connectivity index (χ2n) is 1.80. The molecule has 0 aliphatic rings. The van der Waals surface area contributed by atoms with E-state index in [-0.39, 0.29) is 0 Å². The third-order valence-electron chi connectivity index (χ3n) is 1.05. The van der Waals surface area contributed by atoms with E-state index >= 15 is 0 Å². The Kier molecular flexibility index (Phi) is 3.87. The van der Waals surface area contributed by atoms with Crippen molar-refractivity contribution < 1.29 is 20.1 Å². The minimum atomic E-state index is -1.55. The summed E-state index contributed by atoms with van der Waals surface area (Å²) >= 11 is 0. The van der Waals surface area contributed by atoms with Crippen molar-refractivity contribution >= 4 is 5.78 Å². The Morgan fingerprint density at radius 2 is 2.10 bits per heavy atom. The summed E-state index contributed by atoms with van der Waals surface area (Å²) in [5, 5.41) is 25.7. The van der Waals surface area contributed by atoms with Gasteiger partial charge < -0.3 is 15.3 Å². The first kappa shape index (κ1) is 9.29. The van der Waals surface area contributed by atoms with Crippen molar-refractivity contribution in [1.82, 2.24) is 0 Å². The van der Waals surface area contributed by atoms with E-state index in [0.29, 0.717) is 0 Å². The van der Waals surface area contributed by atoms with E-state index < -0.39 is 24.6 Å². The van der Waals surface area contributed by atoms with Crippen molar-refractivity contribution in [3.8, 4) is 0 Å². The average Bonchev–Trinajstić information content (AvgIpc) is 2.00. The molecule has 3 N–H and O–H groups in total. The first-order chi connectivity index (χ1) is 4.63. The van der Waals surface area contributed by atoms with Gasteiger partial charge in [-0.15, -0.1) is 6.58 Å². The molecule has 0 rings (SSSR count). The lowest BCUT2D eigenvalue weighted by Crippen LogP contribution is -2.34. The number of ketones is 1. The van der Waals surface area contributed by atoms with Crippen LogP contribution in [0.3, 0.4) is 0 Å². The number of hydrogen-bond acceptors (Lipinski definition) is 4. The molecule has 0 heterocycles. The van der Waals surface area contributed by atoms with Gasteiger partial charge in [0.15, 0.2) is 5.78 Å². The van der Waals surface area contributed by atoms with Gasteiger partial charge in [0, 0.05) is 0 Å². The van der Waals surface area contributed by atoms with Gasteiger partial charge in [-0.1, -0.05) is 6.08 Å². The van der Waals surface area contributed by atoms with Crippen molar-refractivity contribution in [3.63, 3.8) is 0 Å². The van der Waals surface area contributed by atoms with Crippen LogP contribution in [0.25, 0.3) is 0 Å². The van der Waals surface area contributed by atoms with Gasteiger partial charge in [0.05, 0.1) is 0 Å². The Balaban J connectivity index is 3.93. The topological polar surface area (TPSA) is 77.8 Å². The molecule has 10 heavy (non-hydrogen) atoms. The fourth-order valence-corrected chi connectivity index (χ4v) is 0.413. The van der Waals surface area contributed by atoms with Crippen LogP contribution >= 0.6 is 0 Å². The SMILES string of the molecule is C=C[C@@H](O)[C@H](O)C(=O)CO. The summed E-state index contributed by atoms with van der Waals surface area (Å²) in [6, 6.07) is 0. The van der Waals surface area contributed by atoms with Gasteiger partial charge in [0.25, 0.3) is 0 Å². The van der Waals surface area contributed by atoms with Crippen LogP contribution in [0, 0.1) is 0 Å². The highest BCUT2D eigenvalue weighted by molar-refractivity contribution is 5.84. The van der Waals surface area contributed by atoms with Crippen LogP contribution in [0.1, 0.15) is 0 Å². The van der Waals surface area contributed by atoms with Gasteiger partial charge in [-0.05, 0) is 0 Å². The molecule has 0 unspecified atom stereocenters. The molecule has 0 aromatic carbocycles. The van der Waals surface area contributed by atoms with Crippen molar-refractivity contribution in [2.45, 2.75) is 12.2 Å². The summed E-state index contributed by atoms with van der Waals surface area (Å²) in [6.45, 7) is 2.38. The largest absolute Gasteiger partial charge is 0.388 e. The molecule has 0 fully saturated rings. The number of aliphatic hydroxyl groups excluding tert-OH is 3. The van der Waals surface area contributed by atoms with Crippen LogP contribution in [0.15, 0.2) is 12.7 Å². The molecule has 0 aliphatic carbocycles. The summed E-state index contributed by atoms with van der Waals surface area (Å²) in [4.78, 5) is 10.4. The molecule has 0 bridgehead atoms. The number of carbonyl (C=O) groups excluding carboxylic acids is 1. The van der Waals surface area contributed by atoms with E-state index in [4.69, 9.17) is 15.3 Å².